The minimum Gasteiger partial charge on any atom is -0.493 e. The topological polar surface area (TPSA) is 120 Å². The second-order valence-electron chi connectivity index (χ2n) is 11.6. The number of nitrogens with zero attached hydrogens (tertiary/aromatic N) is 4. The van der Waals surface area contributed by atoms with Crippen LogP contribution in [0.3, 0.4) is 0 Å². The van der Waals surface area contributed by atoms with Gasteiger partial charge in [0.1, 0.15) is 6.04 Å². The third-order valence-corrected chi connectivity index (χ3v) is 9.50. The van der Waals surface area contributed by atoms with Crippen LogP contribution in [-0.4, -0.2) is 71.5 Å². The maximum Gasteiger partial charge on any atom is 0.260 e. The standard InChI is InChI=1S/C35H37ClN6O5S/c1-21-9-11-27(22(2)17-21)38-33(44)31-23(3)37-34-39-35(48-20-25-7-5-6-8-26(25)36)40-42(34)32(31)24-10-12-28(29(18-24)45-4)47-19-30(43)41-13-15-46-16-14-41/h5-12,17-18,32H,13-16,19-20H2,1-4H3,(H,38,44)(H,37,39,40). The van der Waals surface area contributed by atoms with Crippen molar-refractivity contribution in [2.75, 3.05) is 50.7 Å². The number of rotatable bonds is 10. The number of morpholine rings is 1. The molecule has 0 radical (unpaired) electrons. The number of aromatic nitrogens is 3. The van der Waals surface area contributed by atoms with E-state index in [1.807, 2.05) is 75.4 Å². The first-order valence-electron chi connectivity index (χ1n) is 15.6. The van der Waals surface area contributed by atoms with Crippen molar-refractivity contribution < 1.29 is 23.8 Å². The van der Waals surface area contributed by atoms with Crippen molar-refractivity contribution in [1.29, 1.82) is 0 Å². The summed E-state index contributed by atoms with van der Waals surface area (Å²) in [5, 5.41) is 12.5. The van der Waals surface area contributed by atoms with E-state index in [4.69, 9.17) is 35.9 Å². The first-order valence-corrected chi connectivity index (χ1v) is 16.9. The SMILES string of the molecule is COc1cc(C2C(C(=O)Nc3ccc(C)cc3C)=C(C)Nc3nc(SCc4ccccc4Cl)nn32)ccc1OCC(=O)N1CCOCC1. The molecule has 1 aromatic heterocycles. The second kappa shape index (κ2) is 14.7. The highest BCUT2D eigenvalue weighted by molar-refractivity contribution is 7.98. The van der Waals surface area contributed by atoms with E-state index in [1.165, 1.54) is 18.9 Å². The number of anilines is 2. The molecule has 0 saturated carbocycles. The fourth-order valence-electron chi connectivity index (χ4n) is 5.71. The van der Waals surface area contributed by atoms with Crippen molar-refractivity contribution in [3.63, 3.8) is 0 Å². The van der Waals surface area contributed by atoms with Crippen LogP contribution in [0.15, 0.2) is 77.1 Å². The lowest BCUT2D eigenvalue weighted by Gasteiger charge is -2.29. The Morgan fingerprint density at radius 3 is 2.60 bits per heavy atom. The molecule has 1 unspecified atom stereocenters. The van der Waals surface area contributed by atoms with Crippen LogP contribution in [0, 0.1) is 13.8 Å². The molecule has 13 heteroatoms. The zero-order chi connectivity index (χ0) is 33.8. The fraction of sp³-hybridized carbons (Fsp3) is 0.314. The van der Waals surface area contributed by atoms with E-state index in [-0.39, 0.29) is 18.4 Å². The Balaban J connectivity index is 1.32. The zero-order valence-corrected chi connectivity index (χ0v) is 28.8. The van der Waals surface area contributed by atoms with Crippen molar-refractivity contribution in [3.8, 4) is 11.5 Å². The average molecular weight is 689 g/mol. The molecular formula is C35H37ClN6O5S. The van der Waals surface area contributed by atoms with E-state index >= 15 is 0 Å². The van der Waals surface area contributed by atoms with Gasteiger partial charge in [-0.3, -0.25) is 9.59 Å². The van der Waals surface area contributed by atoms with Crippen molar-refractivity contribution in [1.82, 2.24) is 19.7 Å². The summed E-state index contributed by atoms with van der Waals surface area (Å²) >= 11 is 7.85. The minimum absolute atomic E-state index is 0.124. The number of thioether (sulfide) groups is 1. The van der Waals surface area contributed by atoms with Gasteiger partial charge < -0.3 is 29.7 Å². The molecule has 0 bridgehead atoms. The number of aryl methyl sites for hydroxylation is 2. The first kappa shape index (κ1) is 33.4. The van der Waals surface area contributed by atoms with Crippen LogP contribution in [0.5, 0.6) is 11.5 Å². The molecule has 2 aliphatic heterocycles. The number of allylic oxidation sites excluding steroid dienone is 1. The number of carbonyl (C=O) groups is 2. The summed E-state index contributed by atoms with van der Waals surface area (Å²) in [7, 11) is 1.54. The minimum atomic E-state index is -0.660. The van der Waals surface area contributed by atoms with Crippen LogP contribution in [0.25, 0.3) is 0 Å². The van der Waals surface area contributed by atoms with E-state index < -0.39 is 6.04 Å². The molecule has 3 heterocycles. The summed E-state index contributed by atoms with van der Waals surface area (Å²) in [6.07, 6.45) is 0. The van der Waals surface area contributed by atoms with E-state index in [0.29, 0.717) is 71.0 Å². The molecule has 1 saturated heterocycles. The predicted octanol–water partition coefficient (Wildman–Crippen LogP) is 6.01. The molecule has 0 spiro atoms. The highest BCUT2D eigenvalue weighted by atomic mass is 35.5. The van der Waals surface area contributed by atoms with Crippen molar-refractivity contribution in [3.05, 3.63) is 99.2 Å². The van der Waals surface area contributed by atoms with Gasteiger partial charge in [0.05, 0.1) is 25.9 Å². The molecule has 6 rings (SSSR count). The van der Waals surface area contributed by atoms with Crippen LogP contribution < -0.4 is 20.1 Å². The van der Waals surface area contributed by atoms with Crippen molar-refractivity contribution in [2.24, 2.45) is 0 Å². The zero-order valence-electron chi connectivity index (χ0n) is 27.2. The number of benzene rings is 3. The monoisotopic (exact) mass is 688 g/mol. The van der Waals surface area contributed by atoms with Gasteiger partial charge in [0.2, 0.25) is 11.1 Å². The number of nitrogens with one attached hydrogen (secondary N) is 2. The summed E-state index contributed by atoms with van der Waals surface area (Å²) < 4.78 is 18.7. The van der Waals surface area contributed by atoms with Gasteiger partial charge in [-0.05, 0) is 61.7 Å². The molecule has 2 aliphatic rings. The van der Waals surface area contributed by atoms with Crippen LogP contribution in [0.4, 0.5) is 11.6 Å². The normalized spacial score (nSPS) is 15.9. The number of fused-ring (bicyclic) bond motifs is 1. The highest BCUT2D eigenvalue weighted by Gasteiger charge is 2.35. The van der Waals surface area contributed by atoms with Gasteiger partial charge in [0, 0.05) is 35.2 Å². The molecule has 48 heavy (non-hydrogen) atoms. The molecule has 1 atom stereocenters. The largest absolute Gasteiger partial charge is 0.493 e. The Hall–Kier alpha value is -4.52. The maximum absolute atomic E-state index is 14.1. The van der Waals surface area contributed by atoms with Crippen LogP contribution in [-0.2, 0) is 20.1 Å². The Morgan fingerprint density at radius 1 is 1.06 bits per heavy atom. The molecule has 3 aromatic carbocycles. The number of hydrogen-bond acceptors (Lipinski definition) is 9. The van der Waals surface area contributed by atoms with Gasteiger partial charge >= 0.3 is 0 Å². The third-order valence-electron chi connectivity index (χ3n) is 8.24. The van der Waals surface area contributed by atoms with Gasteiger partial charge in [-0.25, -0.2) is 4.68 Å². The van der Waals surface area contributed by atoms with Gasteiger partial charge in [-0.1, -0.05) is 65.3 Å². The number of ether oxygens (including phenoxy) is 3. The Kier molecular flexibility index (Phi) is 10.2. The Morgan fingerprint density at radius 2 is 1.85 bits per heavy atom. The van der Waals surface area contributed by atoms with Gasteiger partial charge in [0.25, 0.3) is 11.8 Å². The number of halogens is 1. The highest BCUT2D eigenvalue weighted by Crippen LogP contribution is 2.40. The van der Waals surface area contributed by atoms with Gasteiger partial charge in [-0.2, -0.15) is 4.98 Å². The summed E-state index contributed by atoms with van der Waals surface area (Å²) in [6.45, 7) is 7.78. The molecule has 2 N–H and O–H groups in total. The Labute approximate surface area is 288 Å². The summed E-state index contributed by atoms with van der Waals surface area (Å²) in [4.78, 5) is 33.4. The smallest absolute Gasteiger partial charge is 0.260 e. The van der Waals surface area contributed by atoms with Crippen LogP contribution in [0.1, 0.15) is 35.2 Å². The van der Waals surface area contributed by atoms with Crippen LogP contribution >= 0.6 is 23.4 Å². The fourth-order valence-corrected chi connectivity index (χ4v) is 6.83. The summed E-state index contributed by atoms with van der Waals surface area (Å²) in [5.74, 6) is 1.50. The third kappa shape index (κ3) is 7.30. The molecule has 1 fully saturated rings. The molecule has 250 valence electrons. The number of methoxy groups -OCH3 is 1. The summed E-state index contributed by atoms with van der Waals surface area (Å²) in [5.41, 5.74) is 5.57. The molecule has 11 nitrogen and oxygen atoms in total. The predicted molar refractivity (Wildman–Crippen MR) is 186 cm³/mol. The Bertz CT molecular complexity index is 1870. The van der Waals surface area contributed by atoms with E-state index in [2.05, 4.69) is 10.6 Å². The lowest BCUT2D eigenvalue weighted by Crippen LogP contribution is -2.43. The van der Waals surface area contributed by atoms with Crippen molar-refractivity contribution >= 4 is 46.8 Å². The lowest BCUT2D eigenvalue weighted by molar-refractivity contribution is -0.137. The van der Waals surface area contributed by atoms with E-state index in [1.54, 1.807) is 15.6 Å². The average Bonchev–Trinajstić information content (AvgIpc) is 3.50. The maximum atomic E-state index is 14.1. The van der Waals surface area contributed by atoms with E-state index in [0.717, 1.165) is 27.9 Å². The second-order valence-corrected chi connectivity index (χ2v) is 12.9. The molecule has 2 amide bonds. The number of carbonyl (C=O) groups excluding carboxylic acids is 2. The molecule has 0 aliphatic carbocycles. The van der Waals surface area contributed by atoms with Crippen LogP contribution in [0.2, 0.25) is 5.02 Å². The number of hydrogen-bond donors (Lipinski definition) is 2. The summed E-state index contributed by atoms with van der Waals surface area (Å²) in [6, 6.07) is 18.3. The first-order chi connectivity index (χ1) is 23.2. The molecule has 4 aromatic rings. The van der Waals surface area contributed by atoms with E-state index in [9.17, 15) is 9.59 Å². The van der Waals surface area contributed by atoms with Gasteiger partial charge in [-0.15, -0.1) is 5.10 Å². The van der Waals surface area contributed by atoms with Gasteiger partial charge in [0.15, 0.2) is 18.1 Å². The number of amides is 2. The van der Waals surface area contributed by atoms with Crippen molar-refractivity contribution in [2.45, 2.75) is 37.7 Å². The quantitative estimate of drug-likeness (QED) is 0.193. The molecular weight excluding hydrogens is 652 g/mol. The lowest BCUT2D eigenvalue weighted by atomic mass is 9.94.